The first kappa shape index (κ1) is 11.4. The van der Waals surface area contributed by atoms with Gasteiger partial charge in [-0.05, 0) is 12.1 Å². The van der Waals surface area contributed by atoms with Crippen LogP contribution in [0.4, 0.5) is 5.82 Å². The Hall–Kier alpha value is -2.08. The molecule has 0 unspecified atom stereocenters. The Morgan fingerprint density at radius 3 is 2.59 bits per heavy atom. The minimum absolute atomic E-state index is 0. The van der Waals surface area contributed by atoms with Gasteiger partial charge in [-0.1, -0.05) is 0 Å². The summed E-state index contributed by atoms with van der Waals surface area (Å²) in [6.07, 6.45) is 7.11. The highest BCUT2D eigenvalue weighted by atomic mass is 35.5. The van der Waals surface area contributed by atoms with E-state index in [-0.39, 0.29) is 12.4 Å². The summed E-state index contributed by atoms with van der Waals surface area (Å²) in [6, 6.07) is 3.90. The molecule has 3 rings (SSSR count). The highest BCUT2D eigenvalue weighted by molar-refractivity contribution is 5.85. The SMILES string of the molecule is CNc1ncnc2c1ncn2-n1cccc1.Cl. The molecule has 0 aliphatic rings. The number of anilines is 1. The van der Waals surface area contributed by atoms with Crippen LogP contribution in [0.15, 0.2) is 37.2 Å². The van der Waals surface area contributed by atoms with Crippen LogP contribution in [0.25, 0.3) is 11.2 Å². The second-order valence-electron chi connectivity index (χ2n) is 3.30. The predicted octanol–water partition coefficient (Wildman–Crippen LogP) is 1.40. The van der Waals surface area contributed by atoms with Gasteiger partial charge in [0.1, 0.15) is 12.7 Å². The number of nitrogens with one attached hydrogen (secondary N) is 1. The molecule has 0 saturated heterocycles. The molecular formula is C10H11ClN6. The number of hydrogen-bond donors (Lipinski definition) is 1. The average Bonchev–Trinajstić information content (AvgIpc) is 2.96. The van der Waals surface area contributed by atoms with E-state index in [2.05, 4.69) is 20.3 Å². The van der Waals surface area contributed by atoms with Gasteiger partial charge in [0.15, 0.2) is 17.0 Å². The Labute approximate surface area is 104 Å². The van der Waals surface area contributed by atoms with Crippen LogP contribution in [0.2, 0.25) is 0 Å². The van der Waals surface area contributed by atoms with Gasteiger partial charge in [0.05, 0.1) is 0 Å². The van der Waals surface area contributed by atoms with Crippen molar-refractivity contribution in [2.24, 2.45) is 0 Å². The van der Waals surface area contributed by atoms with Gasteiger partial charge < -0.3 is 5.32 Å². The third kappa shape index (κ3) is 1.72. The van der Waals surface area contributed by atoms with Crippen LogP contribution in [0.3, 0.4) is 0 Å². The normalized spacial score (nSPS) is 10.2. The molecule has 88 valence electrons. The number of fused-ring (bicyclic) bond motifs is 1. The fourth-order valence-corrected chi connectivity index (χ4v) is 1.64. The van der Waals surface area contributed by atoms with Crippen molar-refractivity contribution in [1.29, 1.82) is 0 Å². The van der Waals surface area contributed by atoms with Gasteiger partial charge in [0.2, 0.25) is 0 Å². The Kier molecular flexibility index (Phi) is 2.97. The van der Waals surface area contributed by atoms with Crippen LogP contribution in [0.5, 0.6) is 0 Å². The molecule has 3 aromatic rings. The fourth-order valence-electron chi connectivity index (χ4n) is 1.64. The van der Waals surface area contributed by atoms with Gasteiger partial charge in [-0.15, -0.1) is 12.4 Å². The minimum Gasteiger partial charge on any atom is -0.371 e. The molecule has 0 fully saturated rings. The first-order valence-corrected chi connectivity index (χ1v) is 4.89. The molecule has 6 nitrogen and oxygen atoms in total. The van der Waals surface area contributed by atoms with E-state index in [0.717, 1.165) is 17.0 Å². The second kappa shape index (κ2) is 4.42. The summed E-state index contributed by atoms with van der Waals surface area (Å²) in [5.74, 6) is 0.732. The van der Waals surface area contributed by atoms with Gasteiger partial charge in [0.25, 0.3) is 0 Å². The number of aromatic nitrogens is 5. The molecule has 3 heterocycles. The molecular weight excluding hydrogens is 240 g/mol. The zero-order chi connectivity index (χ0) is 11.0. The third-order valence-electron chi connectivity index (χ3n) is 2.39. The molecule has 17 heavy (non-hydrogen) atoms. The Balaban J connectivity index is 0.00000108. The lowest BCUT2D eigenvalue weighted by atomic mass is 10.5. The summed E-state index contributed by atoms with van der Waals surface area (Å²) in [5, 5.41) is 2.99. The molecule has 0 saturated carbocycles. The zero-order valence-corrected chi connectivity index (χ0v) is 9.92. The maximum Gasteiger partial charge on any atom is 0.184 e. The lowest BCUT2D eigenvalue weighted by molar-refractivity contribution is 0.678. The Morgan fingerprint density at radius 2 is 1.88 bits per heavy atom. The first-order chi connectivity index (χ1) is 7.90. The van der Waals surface area contributed by atoms with Crippen molar-refractivity contribution in [2.75, 3.05) is 12.4 Å². The van der Waals surface area contributed by atoms with Crippen LogP contribution < -0.4 is 5.32 Å². The van der Waals surface area contributed by atoms with Crippen molar-refractivity contribution in [1.82, 2.24) is 24.3 Å². The molecule has 0 bridgehead atoms. The number of rotatable bonds is 2. The van der Waals surface area contributed by atoms with E-state index in [9.17, 15) is 0 Å². The highest BCUT2D eigenvalue weighted by Crippen LogP contribution is 2.16. The van der Waals surface area contributed by atoms with Gasteiger partial charge in [0, 0.05) is 19.4 Å². The van der Waals surface area contributed by atoms with Crippen LogP contribution in [0.1, 0.15) is 0 Å². The molecule has 0 aromatic carbocycles. The average molecular weight is 251 g/mol. The summed E-state index contributed by atoms with van der Waals surface area (Å²) < 4.78 is 3.76. The highest BCUT2D eigenvalue weighted by Gasteiger charge is 2.08. The molecule has 0 spiro atoms. The van der Waals surface area contributed by atoms with Gasteiger partial charge >= 0.3 is 0 Å². The van der Waals surface area contributed by atoms with Crippen molar-refractivity contribution in [3.63, 3.8) is 0 Å². The topological polar surface area (TPSA) is 60.6 Å². The van der Waals surface area contributed by atoms with Gasteiger partial charge in [-0.2, -0.15) is 0 Å². The summed E-state index contributed by atoms with van der Waals surface area (Å²) in [6.45, 7) is 0. The molecule has 7 heteroatoms. The van der Waals surface area contributed by atoms with E-state index >= 15 is 0 Å². The zero-order valence-electron chi connectivity index (χ0n) is 9.11. The number of hydrogen-bond acceptors (Lipinski definition) is 4. The second-order valence-corrected chi connectivity index (χ2v) is 3.30. The maximum atomic E-state index is 4.30. The molecule has 0 aliphatic carbocycles. The third-order valence-corrected chi connectivity index (χ3v) is 2.39. The lowest BCUT2D eigenvalue weighted by Crippen LogP contribution is -2.05. The van der Waals surface area contributed by atoms with Crippen LogP contribution >= 0.6 is 12.4 Å². The minimum atomic E-state index is 0. The van der Waals surface area contributed by atoms with E-state index < -0.39 is 0 Å². The fraction of sp³-hybridized carbons (Fsp3) is 0.100. The Morgan fingerprint density at radius 1 is 1.12 bits per heavy atom. The van der Waals surface area contributed by atoms with Crippen LogP contribution in [-0.4, -0.2) is 31.4 Å². The molecule has 0 radical (unpaired) electrons. The summed E-state index contributed by atoms with van der Waals surface area (Å²) >= 11 is 0. The summed E-state index contributed by atoms with van der Waals surface area (Å²) in [4.78, 5) is 12.6. The van der Waals surface area contributed by atoms with E-state index in [0.29, 0.717) is 0 Å². The van der Waals surface area contributed by atoms with Crippen molar-refractivity contribution in [2.45, 2.75) is 0 Å². The molecule has 0 amide bonds. The van der Waals surface area contributed by atoms with Crippen molar-refractivity contribution in [3.05, 3.63) is 37.2 Å². The molecule has 3 aromatic heterocycles. The van der Waals surface area contributed by atoms with Gasteiger partial charge in [-0.25, -0.2) is 19.6 Å². The molecule has 0 atom stereocenters. The largest absolute Gasteiger partial charge is 0.371 e. The quantitative estimate of drug-likeness (QED) is 0.747. The van der Waals surface area contributed by atoms with Crippen molar-refractivity contribution < 1.29 is 0 Å². The van der Waals surface area contributed by atoms with E-state index in [1.807, 2.05) is 40.9 Å². The maximum absolute atomic E-state index is 4.30. The standard InChI is InChI=1S/C10H10N6.ClH/c1-11-9-8-10(13-6-12-9)16(7-14-8)15-4-2-3-5-15;/h2-7H,1H3,(H,11,12,13);1H. The van der Waals surface area contributed by atoms with E-state index in [4.69, 9.17) is 0 Å². The summed E-state index contributed by atoms with van der Waals surface area (Å²) in [7, 11) is 1.82. The van der Waals surface area contributed by atoms with Gasteiger partial charge in [-0.3, -0.25) is 4.68 Å². The Bertz CT molecular complexity index is 615. The molecule has 0 aliphatic heterocycles. The van der Waals surface area contributed by atoms with E-state index in [1.165, 1.54) is 6.33 Å². The molecule has 1 N–H and O–H groups in total. The summed E-state index contributed by atoms with van der Waals surface area (Å²) in [5.41, 5.74) is 1.54. The van der Waals surface area contributed by atoms with Crippen molar-refractivity contribution in [3.8, 4) is 0 Å². The van der Waals surface area contributed by atoms with Crippen LogP contribution in [-0.2, 0) is 0 Å². The number of nitrogens with zero attached hydrogens (tertiary/aromatic N) is 5. The number of halogens is 1. The first-order valence-electron chi connectivity index (χ1n) is 4.89. The van der Waals surface area contributed by atoms with Crippen LogP contribution in [0, 0.1) is 0 Å². The predicted molar refractivity (Wildman–Crippen MR) is 67.3 cm³/mol. The number of imidazole rings is 1. The smallest absolute Gasteiger partial charge is 0.184 e. The van der Waals surface area contributed by atoms with E-state index in [1.54, 1.807) is 6.33 Å². The van der Waals surface area contributed by atoms with Crippen molar-refractivity contribution >= 4 is 29.4 Å². The lowest BCUT2D eigenvalue weighted by Gasteiger charge is -2.04. The monoisotopic (exact) mass is 250 g/mol.